The topological polar surface area (TPSA) is 67.9 Å². The van der Waals surface area contributed by atoms with Crippen LogP contribution in [0.25, 0.3) is 0 Å². The largest absolute Gasteiger partial charge is 0.346 e. The average molecular weight is 264 g/mol. The summed E-state index contributed by atoms with van der Waals surface area (Å²) in [6.07, 6.45) is 3.40. The summed E-state index contributed by atoms with van der Waals surface area (Å²) in [6.45, 7) is 4.02. The second-order valence-corrected chi connectivity index (χ2v) is 5.26. The van der Waals surface area contributed by atoms with Gasteiger partial charge in [-0.2, -0.15) is 0 Å². The summed E-state index contributed by atoms with van der Waals surface area (Å²) in [7, 11) is 7.64. The van der Waals surface area contributed by atoms with Crippen molar-refractivity contribution in [2.24, 2.45) is 0 Å². The molecule has 0 saturated heterocycles. The number of aromatic nitrogens is 6. The third-order valence-electron chi connectivity index (χ3n) is 2.88. The van der Waals surface area contributed by atoms with Crippen molar-refractivity contribution in [1.29, 1.82) is 0 Å². The van der Waals surface area contributed by atoms with Crippen molar-refractivity contribution < 1.29 is 0 Å². The molecule has 2 aromatic rings. The van der Waals surface area contributed by atoms with E-state index in [1.165, 1.54) is 0 Å². The van der Waals surface area contributed by atoms with Crippen LogP contribution in [0.4, 0.5) is 11.9 Å². The van der Waals surface area contributed by atoms with E-state index in [-0.39, 0.29) is 0 Å². The number of rotatable bonds is 4. The van der Waals surface area contributed by atoms with Gasteiger partial charge in [-0.1, -0.05) is 0 Å². The molecule has 0 fully saturated rings. The maximum Gasteiger partial charge on any atom is 0.244 e. The molecule has 2 heterocycles. The summed E-state index contributed by atoms with van der Waals surface area (Å²) in [5.41, 5.74) is -0.470. The maximum absolute atomic E-state index is 4.44. The Kier molecular flexibility index (Phi) is 3.17. The van der Waals surface area contributed by atoms with Crippen molar-refractivity contribution in [1.82, 2.24) is 29.5 Å². The summed E-state index contributed by atoms with van der Waals surface area (Å²) in [5, 5.41) is 8.88. The predicted octanol–water partition coefficient (Wildman–Crippen LogP) is 0.242. The van der Waals surface area contributed by atoms with Crippen LogP contribution in [0.1, 0.15) is 13.8 Å². The van der Waals surface area contributed by atoms with Crippen LogP contribution >= 0.6 is 0 Å². The standard InChI is InChI=1S/C11H20N8/c1-11(2,18-7-12-9(14-18)16(3)4)19-8-13-10(15-19)17(5)6/h7-8H,1-6H3. The zero-order chi connectivity index (χ0) is 14.2. The zero-order valence-electron chi connectivity index (χ0n) is 12.2. The Morgan fingerprint density at radius 2 is 1.21 bits per heavy atom. The molecule has 0 spiro atoms. The minimum atomic E-state index is -0.470. The monoisotopic (exact) mass is 264 g/mol. The van der Waals surface area contributed by atoms with E-state index in [2.05, 4.69) is 20.2 Å². The second-order valence-electron chi connectivity index (χ2n) is 5.26. The lowest BCUT2D eigenvalue weighted by Crippen LogP contribution is -2.36. The van der Waals surface area contributed by atoms with E-state index in [1.807, 2.05) is 51.8 Å². The smallest absolute Gasteiger partial charge is 0.244 e. The molecule has 0 bridgehead atoms. The van der Waals surface area contributed by atoms with Crippen LogP contribution in [0.5, 0.6) is 0 Å². The first-order valence-electron chi connectivity index (χ1n) is 6.01. The fourth-order valence-electron chi connectivity index (χ4n) is 1.55. The highest BCUT2D eigenvalue weighted by molar-refractivity contribution is 5.24. The summed E-state index contributed by atoms with van der Waals surface area (Å²) >= 11 is 0. The Labute approximate surface area is 112 Å². The molecule has 0 amide bonds. The van der Waals surface area contributed by atoms with E-state index in [0.29, 0.717) is 11.9 Å². The molecule has 104 valence electrons. The summed E-state index contributed by atoms with van der Waals surface area (Å²) in [6, 6.07) is 0. The fraction of sp³-hybridized carbons (Fsp3) is 0.636. The van der Waals surface area contributed by atoms with Gasteiger partial charge in [0.05, 0.1) is 0 Å². The van der Waals surface area contributed by atoms with Gasteiger partial charge in [0.2, 0.25) is 11.9 Å². The van der Waals surface area contributed by atoms with Crippen LogP contribution in [0, 0.1) is 0 Å². The van der Waals surface area contributed by atoms with Crippen LogP contribution < -0.4 is 9.80 Å². The van der Waals surface area contributed by atoms with E-state index in [9.17, 15) is 0 Å². The Morgan fingerprint density at radius 1 is 0.842 bits per heavy atom. The molecule has 0 aromatic carbocycles. The van der Waals surface area contributed by atoms with Crippen molar-refractivity contribution in [3.05, 3.63) is 12.7 Å². The zero-order valence-corrected chi connectivity index (χ0v) is 12.2. The molecule has 8 heteroatoms. The van der Waals surface area contributed by atoms with Crippen LogP contribution in [0.2, 0.25) is 0 Å². The van der Waals surface area contributed by atoms with Crippen LogP contribution in [0.15, 0.2) is 12.7 Å². The number of nitrogens with zero attached hydrogens (tertiary/aromatic N) is 8. The summed E-state index contributed by atoms with van der Waals surface area (Å²) < 4.78 is 3.55. The molecular weight excluding hydrogens is 244 g/mol. The normalized spacial score (nSPS) is 11.7. The average Bonchev–Trinajstić information content (AvgIpc) is 2.99. The highest BCUT2D eigenvalue weighted by Gasteiger charge is 2.26. The van der Waals surface area contributed by atoms with Gasteiger partial charge in [0, 0.05) is 28.2 Å². The van der Waals surface area contributed by atoms with Gasteiger partial charge in [-0.15, -0.1) is 10.2 Å². The highest BCUT2D eigenvalue weighted by Crippen LogP contribution is 2.18. The lowest BCUT2D eigenvalue weighted by Gasteiger charge is -2.24. The predicted molar refractivity (Wildman–Crippen MR) is 73.4 cm³/mol. The van der Waals surface area contributed by atoms with Gasteiger partial charge in [-0.3, -0.25) is 0 Å². The van der Waals surface area contributed by atoms with E-state index in [0.717, 1.165) is 0 Å². The molecule has 0 saturated carbocycles. The SMILES string of the molecule is CN(C)c1ncn(C(C)(C)n2cnc(N(C)C)n2)n1. The minimum Gasteiger partial charge on any atom is -0.346 e. The van der Waals surface area contributed by atoms with Gasteiger partial charge >= 0.3 is 0 Å². The van der Waals surface area contributed by atoms with Gasteiger partial charge < -0.3 is 9.80 Å². The van der Waals surface area contributed by atoms with E-state index >= 15 is 0 Å². The molecule has 19 heavy (non-hydrogen) atoms. The quantitative estimate of drug-likeness (QED) is 0.788. The van der Waals surface area contributed by atoms with Crippen molar-refractivity contribution in [3.63, 3.8) is 0 Å². The number of hydrogen-bond donors (Lipinski definition) is 0. The lowest BCUT2D eigenvalue weighted by molar-refractivity contribution is 0.234. The minimum absolute atomic E-state index is 0.470. The van der Waals surface area contributed by atoms with Crippen molar-refractivity contribution in [2.45, 2.75) is 19.5 Å². The Bertz CT molecular complexity index is 502. The van der Waals surface area contributed by atoms with Crippen molar-refractivity contribution >= 4 is 11.9 Å². The molecular formula is C11H20N8. The van der Waals surface area contributed by atoms with Gasteiger partial charge in [-0.05, 0) is 13.8 Å². The molecule has 0 aliphatic rings. The molecule has 8 nitrogen and oxygen atoms in total. The molecule has 0 aliphatic carbocycles. The van der Waals surface area contributed by atoms with Crippen molar-refractivity contribution in [3.8, 4) is 0 Å². The molecule has 2 rings (SSSR count). The molecule has 2 aromatic heterocycles. The molecule has 0 atom stereocenters. The highest BCUT2D eigenvalue weighted by atomic mass is 15.5. The second kappa shape index (κ2) is 4.52. The third kappa shape index (κ3) is 2.38. The third-order valence-corrected chi connectivity index (χ3v) is 2.88. The van der Waals surface area contributed by atoms with Gasteiger partial charge in [0.15, 0.2) is 5.66 Å². The summed E-state index contributed by atoms with van der Waals surface area (Å²) in [5.74, 6) is 1.34. The Morgan fingerprint density at radius 3 is 1.47 bits per heavy atom. The van der Waals surface area contributed by atoms with Crippen LogP contribution in [-0.4, -0.2) is 57.7 Å². The van der Waals surface area contributed by atoms with Gasteiger partial charge in [0.25, 0.3) is 0 Å². The Hall–Kier alpha value is -2.12. The van der Waals surface area contributed by atoms with Gasteiger partial charge in [-0.25, -0.2) is 19.3 Å². The first kappa shape index (κ1) is 13.3. The number of hydrogen-bond acceptors (Lipinski definition) is 6. The molecule has 0 radical (unpaired) electrons. The van der Waals surface area contributed by atoms with E-state index in [1.54, 1.807) is 22.0 Å². The Balaban J connectivity index is 2.34. The fourth-order valence-corrected chi connectivity index (χ4v) is 1.55. The first-order chi connectivity index (χ1) is 8.82. The summed E-state index contributed by atoms with van der Waals surface area (Å²) in [4.78, 5) is 12.2. The number of anilines is 2. The van der Waals surface area contributed by atoms with Crippen molar-refractivity contribution in [2.75, 3.05) is 38.0 Å². The molecule has 0 aliphatic heterocycles. The van der Waals surface area contributed by atoms with E-state index in [4.69, 9.17) is 0 Å². The lowest BCUT2D eigenvalue weighted by atomic mass is 10.2. The maximum atomic E-state index is 4.44. The van der Waals surface area contributed by atoms with E-state index < -0.39 is 5.66 Å². The first-order valence-corrected chi connectivity index (χ1v) is 6.01. The molecule has 0 N–H and O–H groups in total. The van der Waals surface area contributed by atoms with Gasteiger partial charge in [0.1, 0.15) is 12.7 Å². The van der Waals surface area contributed by atoms with Crippen LogP contribution in [0.3, 0.4) is 0 Å². The molecule has 0 unspecified atom stereocenters. The van der Waals surface area contributed by atoms with Crippen LogP contribution in [-0.2, 0) is 5.66 Å².